The molecular weight excluding hydrogens is 423 g/mol. The van der Waals surface area contributed by atoms with E-state index in [1.807, 2.05) is 41.3 Å². The summed E-state index contributed by atoms with van der Waals surface area (Å²) in [7, 11) is 0. The van der Waals surface area contributed by atoms with E-state index in [9.17, 15) is 9.59 Å². The Morgan fingerprint density at radius 1 is 1.10 bits per heavy atom. The monoisotopic (exact) mass is 450 g/mol. The molecule has 5 nitrogen and oxygen atoms in total. The molecule has 1 aromatic carbocycles. The van der Waals surface area contributed by atoms with Crippen LogP contribution in [0.15, 0.2) is 48.7 Å². The smallest absolute Gasteiger partial charge is 0.304 e. The van der Waals surface area contributed by atoms with Gasteiger partial charge in [0.2, 0.25) is 5.91 Å². The van der Waals surface area contributed by atoms with Crippen molar-refractivity contribution in [1.29, 1.82) is 0 Å². The summed E-state index contributed by atoms with van der Waals surface area (Å²) in [5, 5.41) is 10.4. The van der Waals surface area contributed by atoms with Crippen LogP contribution in [0.3, 0.4) is 0 Å². The number of piperidine rings is 1. The zero-order valence-electron chi connectivity index (χ0n) is 17.3. The molecule has 7 heteroatoms. The quantitative estimate of drug-likeness (QED) is 0.583. The van der Waals surface area contributed by atoms with Crippen molar-refractivity contribution in [3.63, 3.8) is 0 Å². The van der Waals surface area contributed by atoms with Gasteiger partial charge in [-0.05, 0) is 49.9 Å². The summed E-state index contributed by atoms with van der Waals surface area (Å²) < 4.78 is 0. The van der Waals surface area contributed by atoms with Crippen LogP contribution in [0.1, 0.15) is 57.7 Å². The van der Waals surface area contributed by atoms with Crippen LogP contribution in [0, 0.1) is 5.92 Å². The van der Waals surface area contributed by atoms with Crippen molar-refractivity contribution in [3.05, 3.63) is 64.4 Å². The lowest BCUT2D eigenvalue weighted by Gasteiger charge is -2.43. The minimum Gasteiger partial charge on any atom is -0.481 e. The van der Waals surface area contributed by atoms with Gasteiger partial charge in [-0.15, -0.1) is 0 Å². The Bertz CT molecular complexity index is 811. The Morgan fingerprint density at radius 2 is 1.77 bits per heavy atom. The van der Waals surface area contributed by atoms with E-state index in [4.69, 9.17) is 28.3 Å². The molecule has 3 rings (SSSR count). The van der Waals surface area contributed by atoms with Crippen LogP contribution in [0.4, 0.5) is 0 Å². The number of amides is 1. The molecular formula is C23H28Cl2N2O3. The first-order valence-corrected chi connectivity index (χ1v) is 11.0. The van der Waals surface area contributed by atoms with Gasteiger partial charge in [0.1, 0.15) is 0 Å². The lowest BCUT2D eigenvalue weighted by atomic mass is 9.86. The fraction of sp³-hybridized carbons (Fsp3) is 0.435. The Morgan fingerprint density at radius 3 is 2.23 bits per heavy atom. The zero-order valence-corrected chi connectivity index (χ0v) is 18.8. The number of likely N-dealkylation sites (tertiary alicyclic amines) is 1. The van der Waals surface area contributed by atoms with Crippen molar-refractivity contribution in [3.8, 4) is 0 Å². The highest BCUT2D eigenvalue weighted by Crippen LogP contribution is 2.37. The highest BCUT2D eigenvalue weighted by atomic mass is 35.5. The summed E-state index contributed by atoms with van der Waals surface area (Å²) in [6.07, 6.45) is 4.48. The molecule has 162 valence electrons. The lowest BCUT2D eigenvalue weighted by molar-refractivity contribution is -0.151. The molecule has 1 saturated heterocycles. The number of pyridine rings is 1. The van der Waals surface area contributed by atoms with E-state index in [0.717, 1.165) is 30.0 Å². The number of carboxylic acid groups (broad SMARTS) is 1. The van der Waals surface area contributed by atoms with Crippen LogP contribution in [0.2, 0.25) is 10.0 Å². The summed E-state index contributed by atoms with van der Waals surface area (Å²) in [6, 6.07) is 13.1. The molecule has 0 bridgehead atoms. The summed E-state index contributed by atoms with van der Waals surface area (Å²) in [4.78, 5) is 30.1. The van der Waals surface area contributed by atoms with Crippen LogP contribution in [-0.4, -0.2) is 32.9 Å². The number of carbonyl (C=O) groups is 2. The number of benzene rings is 1. The minimum atomic E-state index is -0.920. The Labute approximate surface area is 188 Å². The standard InChI is InChI=1S/C17H23ClN2O3.C6H5Cl/c1-3-13(4-2)20-15(14-7-6-12(18)10-19-14)8-5-11(17(20)23)9-16(21)22;7-6-4-2-1-3-5-6/h6-7,10-11,13,15H,3-5,8-9H2,1-2H3,(H,21,22);1-5H. The van der Waals surface area contributed by atoms with Crippen molar-refractivity contribution in [1.82, 2.24) is 9.88 Å². The molecule has 2 aromatic rings. The summed E-state index contributed by atoms with van der Waals surface area (Å²) >= 11 is 11.4. The van der Waals surface area contributed by atoms with Gasteiger partial charge in [0, 0.05) is 23.2 Å². The van der Waals surface area contributed by atoms with Gasteiger partial charge in [-0.1, -0.05) is 55.2 Å². The molecule has 0 spiro atoms. The lowest BCUT2D eigenvalue weighted by Crippen LogP contribution is -2.49. The molecule has 1 aromatic heterocycles. The average molecular weight is 451 g/mol. The van der Waals surface area contributed by atoms with Crippen molar-refractivity contribution in [2.24, 2.45) is 5.92 Å². The number of hydrogen-bond donors (Lipinski definition) is 1. The van der Waals surface area contributed by atoms with E-state index in [1.165, 1.54) is 0 Å². The molecule has 0 aliphatic carbocycles. The van der Waals surface area contributed by atoms with Crippen molar-refractivity contribution in [2.75, 3.05) is 0 Å². The number of aromatic nitrogens is 1. The predicted octanol–water partition coefficient (Wildman–Crippen LogP) is 6.02. The molecule has 1 aliphatic rings. The predicted molar refractivity (Wildman–Crippen MR) is 120 cm³/mol. The van der Waals surface area contributed by atoms with Crippen LogP contribution >= 0.6 is 23.2 Å². The first kappa shape index (κ1) is 24.2. The third-order valence-corrected chi connectivity index (χ3v) is 5.79. The normalized spacial score (nSPS) is 18.7. The maximum absolute atomic E-state index is 12.9. The number of rotatable bonds is 6. The van der Waals surface area contributed by atoms with E-state index in [2.05, 4.69) is 18.8 Å². The summed E-state index contributed by atoms with van der Waals surface area (Å²) in [5.74, 6) is -1.42. The van der Waals surface area contributed by atoms with Gasteiger partial charge in [0.25, 0.3) is 0 Å². The van der Waals surface area contributed by atoms with Crippen molar-refractivity contribution in [2.45, 2.75) is 58.0 Å². The minimum absolute atomic E-state index is 0.0610. The number of hydrogen-bond acceptors (Lipinski definition) is 3. The second-order valence-corrected chi connectivity index (χ2v) is 8.17. The highest BCUT2D eigenvalue weighted by Gasteiger charge is 2.40. The first-order valence-electron chi connectivity index (χ1n) is 10.2. The second kappa shape index (κ2) is 11.9. The molecule has 0 saturated carbocycles. The molecule has 2 unspecified atom stereocenters. The maximum atomic E-state index is 12.9. The molecule has 30 heavy (non-hydrogen) atoms. The van der Waals surface area contributed by atoms with Crippen LogP contribution in [-0.2, 0) is 9.59 Å². The zero-order chi connectivity index (χ0) is 22.1. The first-order chi connectivity index (χ1) is 14.4. The Balaban J connectivity index is 0.000000386. The fourth-order valence-corrected chi connectivity index (χ4v) is 4.05. The van der Waals surface area contributed by atoms with Gasteiger partial charge < -0.3 is 10.0 Å². The maximum Gasteiger partial charge on any atom is 0.304 e. The third kappa shape index (κ3) is 6.71. The van der Waals surface area contributed by atoms with Gasteiger partial charge in [0.05, 0.1) is 23.2 Å². The van der Waals surface area contributed by atoms with E-state index >= 15 is 0 Å². The van der Waals surface area contributed by atoms with E-state index in [1.54, 1.807) is 12.3 Å². The topological polar surface area (TPSA) is 70.5 Å². The van der Waals surface area contributed by atoms with Crippen LogP contribution in [0.5, 0.6) is 0 Å². The van der Waals surface area contributed by atoms with Gasteiger partial charge in [0.15, 0.2) is 0 Å². The van der Waals surface area contributed by atoms with Gasteiger partial charge in [-0.25, -0.2) is 0 Å². The van der Waals surface area contributed by atoms with E-state index in [-0.39, 0.29) is 24.4 Å². The van der Waals surface area contributed by atoms with E-state index in [0.29, 0.717) is 11.4 Å². The number of carbonyl (C=O) groups excluding carboxylic acids is 1. The average Bonchev–Trinajstić information content (AvgIpc) is 2.73. The van der Waals surface area contributed by atoms with Crippen LogP contribution in [0.25, 0.3) is 0 Å². The van der Waals surface area contributed by atoms with Gasteiger partial charge in [-0.2, -0.15) is 0 Å². The molecule has 2 heterocycles. The SMILES string of the molecule is CCC(CC)N1C(=O)C(CC(=O)O)CCC1c1ccc(Cl)cn1.Clc1ccccc1. The Kier molecular flexibility index (Phi) is 9.60. The fourth-order valence-electron chi connectivity index (χ4n) is 3.79. The van der Waals surface area contributed by atoms with Gasteiger partial charge >= 0.3 is 5.97 Å². The molecule has 2 atom stereocenters. The molecule has 1 N–H and O–H groups in total. The number of nitrogens with zero attached hydrogens (tertiary/aromatic N) is 2. The van der Waals surface area contributed by atoms with Crippen molar-refractivity contribution >= 4 is 35.1 Å². The second-order valence-electron chi connectivity index (χ2n) is 7.30. The molecule has 1 amide bonds. The Hall–Kier alpha value is -2.11. The summed E-state index contributed by atoms with van der Waals surface area (Å²) in [6.45, 7) is 4.10. The van der Waals surface area contributed by atoms with Gasteiger partial charge in [-0.3, -0.25) is 14.6 Å². The number of aliphatic carboxylic acids is 1. The third-order valence-electron chi connectivity index (χ3n) is 5.31. The summed E-state index contributed by atoms with van der Waals surface area (Å²) in [5.41, 5.74) is 0.823. The molecule has 1 fully saturated rings. The van der Waals surface area contributed by atoms with E-state index < -0.39 is 11.9 Å². The highest BCUT2D eigenvalue weighted by molar-refractivity contribution is 6.30. The number of halogens is 2. The number of carboxylic acids is 1. The van der Waals surface area contributed by atoms with Crippen molar-refractivity contribution < 1.29 is 14.7 Å². The molecule has 1 aliphatic heterocycles. The van der Waals surface area contributed by atoms with Crippen LogP contribution < -0.4 is 0 Å². The largest absolute Gasteiger partial charge is 0.481 e. The molecule has 0 radical (unpaired) electrons.